The van der Waals surface area contributed by atoms with E-state index in [1.807, 2.05) is 26.0 Å². The molecule has 3 heterocycles. The van der Waals surface area contributed by atoms with E-state index < -0.39 is 17.8 Å². The van der Waals surface area contributed by atoms with Crippen LogP contribution in [0.4, 0.5) is 19.1 Å². The third-order valence-electron chi connectivity index (χ3n) is 4.31. The van der Waals surface area contributed by atoms with Gasteiger partial charge in [-0.1, -0.05) is 38.2 Å². The number of pyridine rings is 1. The lowest BCUT2D eigenvalue weighted by atomic mass is 10.2. The van der Waals surface area contributed by atoms with E-state index in [9.17, 15) is 18.0 Å². The van der Waals surface area contributed by atoms with Crippen molar-refractivity contribution in [2.75, 3.05) is 5.32 Å². The maximum absolute atomic E-state index is 13.6. The fourth-order valence-electron chi connectivity index (χ4n) is 2.83. The monoisotopic (exact) mass is 454 g/mol. The van der Waals surface area contributed by atoms with Gasteiger partial charge in [0.25, 0.3) is 5.91 Å². The molecule has 0 atom stereocenters. The Morgan fingerprint density at radius 3 is 2.55 bits per heavy atom. The predicted molar refractivity (Wildman–Crippen MR) is 118 cm³/mol. The maximum atomic E-state index is 13.6. The Labute approximate surface area is 188 Å². The van der Waals surface area contributed by atoms with Crippen molar-refractivity contribution in [3.8, 4) is 16.9 Å². The van der Waals surface area contributed by atoms with Crippen LogP contribution in [0.2, 0.25) is 0 Å². The van der Waals surface area contributed by atoms with Gasteiger partial charge in [-0.05, 0) is 30.7 Å². The lowest BCUT2D eigenvalue weighted by molar-refractivity contribution is -0.142. The standard InChI is InChI=1S/C21H15F3N6O.C2H6/c22-21(23,24)18-10-17(15-8-5-9-25-11-15)29-30(18)16-12-26-20(27-13-16)28-19(31)14-6-3-1-2-4-7-14;1-2/h1,3-13H,2H2,(H,26,27,28,31);1-2H3. The molecular formula is C23H21F3N6O. The molecule has 1 N–H and O–H groups in total. The molecule has 170 valence electrons. The maximum Gasteiger partial charge on any atom is 0.433 e. The number of nitrogens with zero attached hydrogens (tertiary/aromatic N) is 5. The van der Waals surface area contributed by atoms with Crippen molar-refractivity contribution >= 4 is 11.9 Å². The van der Waals surface area contributed by atoms with Crippen LogP contribution in [-0.4, -0.2) is 30.6 Å². The zero-order valence-corrected chi connectivity index (χ0v) is 17.9. The zero-order valence-electron chi connectivity index (χ0n) is 17.9. The van der Waals surface area contributed by atoms with E-state index in [1.54, 1.807) is 30.4 Å². The van der Waals surface area contributed by atoms with Crippen LogP contribution in [0.15, 0.2) is 78.9 Å². The number of hydrogen-bond donors (Lipinski definition) is 1. The molecule has 3 aromatic rings. The normalized spacial score (nSPS) is 12.9. The molecule has 0 radical (unpaired) electrons. The first-order chi connectivity index (χ1) is 15.9. The van der Waals surface area contributed by atoms with Gasteiger partial charge in [-0.3, -0.25) is 15.1 Å². The van der Waals surface area contributed by atoms with Crippen LogP contribution in [-0.2, 0) is 11.0 Å². The van der Waals surface area contributed by atoms with Crippen molar-refractivity contribution in [1.29, 1.82) is 0 Å². The summed E-state index contributed by atoms with van der Waals surface area (Å²) in [5.41, 5.74) is -0.0218. The second-order valence-corrected chi connectivity index (χ2v) is 6.47. The number of amides is 1. The topological polar surface area (TPSA) is 85.6 Å². The average Bonchev–Trinajstić information content (AvgIpc) is 3.11. The summed E-state index contributed by atoms with van der Waals surface area (Å²) >= 11 is 0. The van der Waals surface area contributed by atoms with Crippen LogP contribution in [0.1, 0.15) is 26.0 Å². The lowest BCUT2D eigenvalue weighted by Gasteiger charge is -2.10. The van der Waals surface area contributed by atoms with Crippen molar-refractivity contribution in [1.82, 2.24) is 24.7 Å². The highest BCUT2D eigenvalue weighted by atomic mass is 19.4. The van der Waals surface area contributed by atoms with Crippen LogP contribution in [0, 0.1) is 0 Å². The van der Waals surface area contributed by atoms with E-state index in [2.05, 4.69) is 25.4 Å². The number of aromatic nitrogens is 5. The number of rotatable bonds is 4. The number of nitrogens with one attached hydrogen (secondary N) is 1. The Bertz CT molecular complexity index is 1180. The second-order valence-electron chi connectivity index (χ2n) is 6.47. The highest BCUT2D eigenvalue weighted by Crippen LogP contribution is 2.33. The number of carbonyl (C=O) groups excluding carboxylic acids is 1. The van der Waals surface area contributed by atoms with Crippen molar-refractivity contribution in [3.05, 3.63) is 84.6 Å². The molecule has 0 aliphatic heterocycles. The Morgan fingerprint density at radius 1 is 1.12 bits per heavy atom. The van der Waals surface area contributed by atoms with Gasteiger partial charge in [0.2, 0.25) is 5.95 Å². The molecule has 33 heavy (non-hydrogen) atoms. The predicted octanol–water partition coefficient (Wildman–Crippen LogP) is 5.15. The van der Waals surface area contributed by atoms with Crippen LogP contribution < -0.4 is 5.32 Å². The van der Waals surface area contributed by atoms with Crippen LogP contribution in [0.5, 0.6) is 0 Å². The first-order valence-corrected chi connectivity index (χ1v) is 10.2. The molecule has 1 aliphatic carbocycles. The van der Waals surface area contributed by atoms with Gasteiger partial charge in [-0.15, -0.1) is 0 Å². The fourth-order valence-corrected chi connectivity index (χ4v) is 2.83. The molecule has 0 bridgehead atoms. The Hall–Kier alpha value is -4.08. The van der Waals surface area contributed by atoms with Crippen molar-refractivity contribution in [3.63, 3.8) is 0 Å². The van der Waals surface area contributed by atoms with Gasteiger partial charge in [0.15, 0.2) is 0 Å². The van der Waals surface area contributed by atoms with Gasteiger partial charge >= 0.3 is 6.18 Å². The molecule has 10 heteroatoms. The SMILES string of the molecule is CC.O=C(Nc1ncc(-n2nc(-c3cccnc3)cc2C(F)(F)F)cn1)C1=CC=CCC=C1. The van der Waals surface area contributed by atoms with E-state index in [4.69, 9.17) is 0 Å². The molecule has 0 fully saturated rings. The molecule has 0 saturated heterocycles. The smallest absolute Gasteiger partial charge is 0.290 e. The first-order valence-electron chi connectivity index (χ1n) is 10.2. The number of halogens is 3. The molecule has 0 unspecified atom stereocenters. The zero-order chi connectivity index (χ0) is 23.8. The van der Waals surface area contributed by atoms with E-state index >= 15 is 0 Å². The summed E-state index contributed by atoms with van der Waals surface area (Å²) in [7, 11) is 0. The molecule has 4 rings (SSSR count). The van der Waals surface area contributed by atoms with Crippen molar-refractivity contribution in [2.24, 2.45) is 0 Å². The van der Waals surface area contributed by atoms with Crippen molar-refractivity contribution in [2.45, 2.75) is 26.4 Å². The second kappa shape index (κ2) is 10.5. The minimum absolute atomic E-state index is 0.00280. The number of anilines is 1. The van der Waals surface area contributed by atoms with Gasteiger partial charge < -0.3 is 0 Å². The molecule has 3 aromatic heterocycles. The third-order valence-corrected chi connectivity index (χ3v) is 4.31. The van der Waals surface area contributed by atoms with Crippen LogP contribution in [0.3, 0.4) is 0 Å². The summed E-state index contributed by atoms with van der Waals surface area (Å²) in [6, 6.07) is 4.16. The van der Waals surface area contributed by atoms with Crippen molar-refractivity contribution < 1.29 is 18.0 Å². The number of carbonyl (C=O) groups is 1. The first kappa shape index (κ1) is 23.6. The van der Waals surface area contributed by atoms with Crippen LogP contribution >= 0.6 is 0 Å². The van der Waals surface area contributed by atoms with Gasteiger partial charge in [-0.25, -0.2) is 14.6 Å². The summed E-state index contributed by atoms with van der Waals surface area (Å²) in [6.07, 6.45) is 10.1. The lowest BCUT2D eigenvalue weighted by Crippen LogP contribution is -2.16. The van der Waals surface area contributed by atoms with Gasteiger partial charge in [0, 0.05) is 23.5 Å². The number of alkyl halides is 3. The molecule has 1 amide bonds. The summed E-state index contributed by atoms with van der Waals surface area (Å²) in [5, 5.41) is 6.57. The van der Waals surface area contributed by atoms with E-state index in [0.29, 0.717) is 17.6 Å². The van der Waals surface area contributed by atoms with Gasteiger partial charge in [0.1, 0.15) is 11.4 Å². The molecule has 0 spiro atoms. The Morgan fingerprint density at radius 2 is 1.88 bits per heavy atom. The minimum atomic E-state index is -4.65. The summed E-state index contributed by atoms with van der Waals surface area (Å²) in [6.45, 7) is 4.00. The Balaban J connectivity index is 0.00000149. The van der Waals surface area contributed by atoms with E-state index in [1.165, 1.54) is 12.4 Å². The summed E-state index contributed by atoms with van der Waals surface area (Å²) in [5.74, 6) is -0.464. The molecule has 0 aromatic carbocycles. The largest absolute Gasteiger partial charge is 0.433 e. The fraction of sp³-hybridized carbons (Fsp3) is 0.174. The minimum Gasteiger partial charge on any atom is -0.290 e. The summed E-state index contributed by atoms with van der Waals surface area (Å²) in [4.78, 5) is 24.1. The van der Waals surface area contributed by atoms with E-state index in [0.717, 1.165) is 23.1 Å². The number of allylic oxidation sites excluding steroid dienone is 4. The average molecular weight is 454 g/mol. The van der Waals surface area contributed by atoms with Gasteiger partial charge in [-0.2, -0.15) is 18.3 Å². The molecule has 7 nitrogen and oxygen atoms in total. The molecular weight excluding hydrogens is 433 g/mol. The third kappa shape index (κ3) is 5.79. The van der Waals surface area contributed by atoms with Gasteiger partial charge in [0.05, 0.1) is 18.1 Å². The summed E-state index contributed by atoms with van der Waals surface area (Å²) < 4.78 is 41.4. The quantitative estimate of drug-likeness (QED) is 0.589. The molecule has 0 saturated carbocycles. The highest BCUT2D eigenvalue weighted by Gasteiger charge is 2.36. The Kier molecular flexibility index (Phi) is 7.50. The molecule has 1 aliphatic rings. The number of hydrogen-bond acceptors (Lipinski definition) is 5. The van der Waals surface area contributed by atoms with E-state index in [-0.39, 0.29) is 17.3 Å². The van der Waals surface area contributed by atoms with Crippen LogP contribution in [0.25, 0.3) is 16.9 Å². The highest BCUT2D eigenvalue weighted by molar-refractivity contribution is 6.05.